The average molecular weight is 533 g/mol. The summed E-state index contributed by atoms with van der Waals surface area (Å²) < 4.78 is 27.0. The molecule has 0 aromatic heterocycles. The van der Waals surface area contributed by atoms with Gasteiger partial charge in [-0.1, -0.05) is 62.3 Å². The standard InChI is InChI=1S/C26H56O5Si3/c1-19(27)20-17-21(30-33(13,14)25(5,6)7)23(31-34(15,16)26(8,9)10)22(29-20)18-28-32(11,12)24(2,3)4/h17,19,21-23,27H,18H2,1-16H3/t19-,21-,22-,23+/m1/s1. The van der Waals surface area contributed by atoms with Gasteiger partial charge in [-0.15, -0.1) is 0 Å². The van der Waals surface area contributed by atoms with Gasteiger partial charge in [0.15, 0.2) is 25.0 Å². The lowest BCUT2D eigenvalue weighted by atomic mass is 10.0. The van der Waals surface area contributed by atoms with Crippen LogP contribution in [0.2, 0.25) is 54.4 Å². The lowest BCUT2D eigenvalue weighted by Gasteiger charge is -2.48. The number of aliphatic hydroxyl groups excluding tert-OH is 1. The Kier molecular flexibility index (Phi) is 9.82. The van der Waals surface area contributed by atoms with Crippen LogP contribution in [0.5, 0.6) is 0 Å². The fourth-order valence-corrected chi connectivity index (χ4v) is 6.47. The third-order valence-electron chi connectivity index (χ3n) is 8.61. The summed E-state index contributed by atoms with van der Waals surface area (Å²) in [4.78, 5) is 0. The summed E-state index contributed by atoms with van der Waals surface area (Å²) in [6, 6.07) is 0. The first-order valence-electron chi connectivity index (χ1n) is 12.9. The van der Waals surface area contributed by atoms with Crippen molar-refractivity contribution in [3.63, 3.8) is 0 Å². The van der Waals surface area contributed by atoms with Gasteiger partial charge in [0.1, 0.15) is 24.1 Å². The third kappa shape index (κ3) is 7.76. The molecule has 1 aliphatic rings. The second-order valence-electron chi connectivity index (χ2n) is 14.7. The van der Waals surface area contributed by atoms with E-state index in [1.165, 1.54) is 0 Å². The molecule has 1 rings (SSSR count). The number of aliphatic hydroxyl groups is 1. The molecule has 0 bridgehead atoms. The molecule has 0 aromatic carbocycles. The zero-order valence-corrected chi connectivity index (χ0v) is 28.2. The Morgan fingerprint density at radius 3 is 1.59 bits per heavy atom. The van der Waals surface area contributed by atoms with Crippen LogP contribution in [-0.2, 0) is 18.0 Å². The highest BCUT2D eigenvalue weighted by Gasteiger charge is 2.49. The Labute approximate surface area is 214 Å². The van der Waals surface area contributed by atoms with E-state index in [1.807, 2.05) is 6.08 Å². The lowest BCUT2D eigenvalue weighted by Crippen LogP contribution is -2.58. The topological polar surface area (TPSA) is 57.2 Å². The van der Waals surface area contributed by atoms with Crippen molar-refractivity contribution < 1.29 is 23.1 Å². The SMILES string of the molecule is C[C@@H](O)C1=C[C@@H](O[Si](C)(C)C(C)(C)C)[C@H](O[Si](C)(C)C(C)(C)C)[C@@H](CO[Si](C)(C)C(C)(C)C)O1. The van der Waals surface area contributed by atoms with Crippen LogP contribution in [0.15, 0.2) is 11.8 Å². The van der Waals surface area contributed by atoms with E-state index in [9.17, 15) is 5.11 Å². The van der Waals surface area contributed by atoms with Crippen molar-refractivity contribution in [3.8, 4) is 0 Å². The molecule has 0 spiro atoms. The van der Waals surface area contributed by atoms with Gasteiger partial charge in [-0.3, -0.25) is 0 Å². The van der Waals surface area contributed by atoms with E-state index >= 15 is 0 Å². The maximum Gasteiger partial charge on any atom is 0.193 e. The Bertz CT molecular complexity index is 709. The predicted molar refractivity (Wildman–Crippen MR) is 152 cm³/mol. The third-order valence-corrected chi connectivity index (χ3v) is 22.1. The quantitative estimate of drug-likeness (QED) is 0.329. The van der Waals surface area contributed by atoms with Gasteiger partial charge < -0.3 is 23.1 Å². The smallest absolute Gasteiger partial charge is 0.193 e. The van der Waals surface area contributed by atoms with Crippen LogP contribution in [0.25, 0.3) is 0 Å². The summed E-state index contributed by atoms with van der Waals surface area (Å²) in [5, 5.41) is 10.7. The first-order chi connectivity index (χ1) is 14.8. The van der Waals surface area contributed by atoms with Gasteiger partial charge >= 0.3 is 0 Å². The molecule has 0 aromatic rings. The van der Waals surface area contributed by atoms with Crippen molar-refractivity contribution in [2.45, 2.75) is 148 Å². The highest BCUT2D eigenvalue weighted by molar-refractivity contribution is 6.75. The second-order valence-corrected chi connectivity index (χ2v) is 29.0. The molecule has 34 heavy (non-hydrogen) atoms. The number of hydrogen-bond donors (Lipinski definition) is 1. The zero-order valence-electron chi connectivity index (χ0n) is 25.2. The van der Waals surface area contributed by atoms with E-state index in [0.29, 0.717) is 12.4 Å². The molecule has 1 aliphatic heterocycles. The molecule has 0 saturated heterocycles. The molecule has 1 heterocycles. The van der Waals surface area contributed by atoms with Crippen molar-refractivity contribution in [3.05, 3.63) is 11.8 Å². The summed E-state index contributed by atoms with van der Waals surface area (Å²) in [7, 11) is -6.26. The van der Waals surface area contributed by atoms with Gasteiger partial charge in [0, 0.05) is 0 Å². The lowest BCUT2D eigenvalue weighted by molar-refractivity contribution is -0.0903. The molecule has 0 unspecified atom stereocenters. The first-order valence-corrected chi connectivity index (χ1v) is 21.6. The van der Waals surface area contributed by atoms with E-state index < -0.39 is 31.1 Å². The van der Waals surface area contributed by atoms with Crippen LogP contribution in [0.4, 0.5) is 0 Å². The Morgan fingerprint density at radius 2 is 1.21 bits per heavy atom. The van der Waals surface area contributed by atoms with Crippen molar-refractivity contribution >= 4 is 25.0 Å². The fourth-order valence-electron chi connectivity index (χ4n) is 2.90. The highest BCUT2D eigenvalue weighted by Crippen LogP contribution is 2.43. The van der Waals surface area contributed by atoms with Gasteiger partial charge in [-0.2, -0.15) is 0 Å². The molecule has 0 aliphatic carbocycles. The monoisotopic (exact) mass is 532 g/mol. The van der Waals surface area contributed by atoms with Crippen molar-refractivity contribution in [2.75, 3.05) is 6.61 Å². The first kappa shape index (κ1) is 32.1. The molecule has 4 atom stereocenters. The maximum atomic E-state index is 10.5. The van der Waals surface area contributed by atoms with E-state index in [4.69, 9.17) is 18.0 Å². The number of rotatable bonds is 8. The molecule has 0 saturated carbocycles. The minimum atomic E-state index is -2.14. The summed E-state index contributed by atoms with van der Waals surface area (Å²) in [6.45, 7) is 36.0. The Balaban J connectivity index is 3.49. The minimum Gasteiger partial charge on any atom is -0.487 e. The van der Waals surface area contributed by atoms with Crippen molar-refractivity contribution in [2.24, 2.45) is 0 Å². The van der Waals surface area contributed by atoms with E-state index in [2.05, 4.69) is 102 Å². The molecular weight excluding hydrogens is 477 g/mol. The van der Waals surface area contributed by atoms with Crippen LogP contribution in [0, 0.1) is 0 Å². The van der Waals surface area contributed by atoms with E-state index in [1.54, 1.807) is 6.92 Å². The molecule has 5 nitrogen and oxygen atoms in total. The Morgan fingerprint density at radius 1 is 0.794 bits per heavy atom. The van der Waals surface area contributed by atoms with Crippen LogP contribution in [0.3, 0.4) is 0 Å². The number of hydrogen-bond acceptors (Lipinski definition) is 5. The van der Waals surface area contributed by atoms with Crippen LogP contribution < -0.4 is 0 Å². The highest BCUT2D eigenvalue weighted by atomic mass is 28.4. The van der Waals surface area contributed by atoms with Gasteiger partial charge in [0.05, 0.1) is 12.7 Å². The van der Waals surface area contributed by atoms with Crippen molar-refractivity contribution in [1.82, 2.24) is 0 Å². The maximum absolute atomic E-state index is 10.5. The summed E-state index contributed by atoms with van der Waals surface area (Å²) in [5.74, 6) is 0.558. The Hall–Kier alpha value is 0.0306. The van der Waals surface area contributed by atoms with Crippen LogP contribution in [-0.4, -0.2) is 61.1 Å². The fraction of sp³-hybridized carbons (Fsp3) is 0.923. The van der Waals surface area contributed by atoms with Crippen molar-refractivity contribution in [1.29, 1.82) is 0 Å². The summed E-state index contributed by atoms with van der Waals surface area (Å²) >= 11 is 0. The second kappa shape index (κ2) is 10.4. The summed E-state index contributed by atoms with van der Waals surface area (Å²) in [5.41, 5.74) is 0. The van der Waals surface area contributed by atoms with Crippen LogP contribution >= 0.6 is 0 Å². The molecule has 8 heteroatoms. The van der Waals surface area contributed by atoms with Gasteiger partial charge in [0.2, 0.25) is 0 Å². The van der Waals surface area contributed by atoms with E-state index in [-0.39, 0.29) is 33.4 Å². The van der Waals surface area contributed by atoms with Gasteiger partial charge in [-0.25, -0.2) is 0 Å². The van der Waals surface area contributed by atoms with E-state index in [0.717, 1.165) is 0 Å². The zero-order chi connectivity index (χ0) is 27.1. The number of ether oxygens (including phenoxy) is 1. The predicted octanol–water partition coefficient (Wildman–Crippen LogP) is 7.45. The molecule has 0 fully saturated rings. The molecule has 0 amide bonds. The minimum absolute atomic E-state index is 0.0492. The largest absolute Gasteiger partial charge is 0.487 e. The molecule has 1 N–H and O–H groups in total. The van der Waals surface area contributed by atoms with Crippen LogP contribution in [0.1, 0.15) is 69.2 Å². The normalized spacial score (nSPS) is 24.5. The van der Waals surface area contributed by atoms with Gasteiger partial charge in [0.25, 0.3) is 0 Å². The van der Waals surface area contributed by atoms with Gasteiger partial charge in [-0.05, 0) is 67.4 Å². The average Bonchev–Trinajstić information content (AvgIpc) is 2.58. The summed E-state index contributed by atoms with van der Waals surface area (Å²) in [6.07, 6.45) is 0.331. The molecule has 202 valence electrons. The molecule has 0 radical (unpaired) electrons. The molecular formula is C26H56O5Si3.